The molecule has 0 atom stereocenters. The lowest BCUT2D eigenvalue weighted by Gasteiger charge is -2.10. The minimum absolute atomic E-state index is 0.109. The highest BCUT2D eigenvalue weighted by atomic mass is 32.1. The second kappa shape index (κ2) is 8.18. The molecule has 0 aliphatic heterocycles. The number of benzene rings is 3. The van der Waals surface area contributed by atoms with E-state index < -0.39 is 10.8 Å². The maximum atomic E-state index is 12.9. The summed E-state index contributed by atoms with van der Waals surface area (Å²) in [5.74, 6) is 0.864. The molecule has 1 N–H and O–H groups in total. The van der Waals surface area contributed by atoms with Crippen LogP contribution in [0.1, 0.15) is 10.4 Å². The van der Waals surface area contributed by atoms with Crippen LogP contribution in [0.25, 0.3) is 10.2 Å². The Morgan fingerprint density at radius 1 is 1.07 bits per heavy atom. The summed E-state index contributed by atoms with van der Waals surface area (Å²) in [6, 6.07) is 18.7. The van der Waals surface area contributed by atoms with E-state index >= 15 is 0 Å². The molecule has 0 aliphatic rings. The largest absolute Gasteiger partial charge is 0.494 e. The number of methoxy groups -OCH3 is 1. The first-order valence-electron chi connectivity index (χ1n) is 8.81. The highest BCUT2D eigenvalue weighted by Crippen LogP contribution is 2.36. The molecule has 4 rings (SSSR count). The molecule has 0 fully saturated rings. The van der Waals surface area contributed by atoms with E-state index in [1.54, 1.807) is 36.4 Å². The van der Waals surface area contributed by atoms with Gasteiger partial charge in [-0.25, -0.2) is 4.98 Å². The molecule has 30 heavy (non-hydrogen) atoms. The van der Waals surface area contributed by atoms with Crippen molar-refractivity contribution in [3.63, 3.8) is 0 Å². The van der Waals surface area contributed by atoms with E-state index in [1.807, 2.05) is 18.2 Å². The van der Waals surface area contributed by atoms with Crippen molar-refractivity contribution in [3.05, 3.63) is 82.4 Å². The van der Waals surface area contributed by atoms with Gasteiger partial charge in [-0.3, -0.25) is 20.2 Å². The van der Waals surface area contributed by atoms with Gasteiger partial charge in [0, 0.05) is 6.07 Å². The van der Waals surface area contributed by atoms with E-state index in [1.165, 1.54) is 19.2 Å². The number of amides is 1. The molecule has 8 nitrogen and oxygen atoms in total. The normalized spacial score (nSPS) is 10.6. The lowest BCUT2D eigenvalue weighted by atomic mass is 10.2. The number of hydrogen-bond acceptors (Lipinski definition) is 7. The Morgan fingerprint density at radius 3 is 2.53 bits per heavy atom. The van der Waals surface area contributed by atoms with Crippen LogP contribution in [-0.2, 0) is 0 Å². The number of ether oxygens (including phenoxy) is 2. The standard InChI is InChI=1S/C21H15N3O5S/c1-28-17-11-13(24(26)27)12-18-19(17)22-21(30-18)23-20(25)15-9-5-6-10-16(15)29-14-7-3-2-4-8-14/h2-12H,1H3,(H,22,23,25). The third kappa shape index (κ3) is 3.91. The van der Waals surface area contributed by atoms with Crippen LogP contribution in [-0.4, -0.2) is 22.9 Å². The fourth-order valence-electron chi connectivity index (χ4n) is 2.82. The van der Waals surface area contributed by atoms with Crippen LogP contribution in [0.15, 0.2) is 66.7 Å². The predicted octanol–water partition coefficient (Wildman–Crippen LogP) is 5.26. The summed E-state index contributed by atoms with van der Waals surface area (Å²) < 4.78 is 11.6. The number of nitro groups is 1. The lowest BCUT2D eigenvalue weighted by molar-refractivity contribution is -0.384. The predicted molar refractivity (Wildman–Crippen MR) is 114 cm³/mol. The molecule has 0 bridgehead atoms. The van der Waals surface area contributed by atoms with Crippen LogP contribution in [0.3, 0.4) is 0 Å². The number of fused-ring (bicyclic) bond motifs is 1. The van der Waals surface area contributed by atoms with Crippen molar-refractivity contribution in [2.75, 3.05) is 12.4 Å². The lowest BCUT2D eigenvalue weighted by Crippen LogP contribution is -2.12. The third-order valence-electron chi connectivity index (χ3n) is 4.20. The van der Waals surface area contributed by atoms with Gasteiger partial charge in [-0.1, -0.05) is 41.7 Å². The second-order valence-corrected chi connectivity index (χ2v) is 7.17. The number of para-hydroxylation sites is 2. The second-order valence-electron chi connectivity index (χ2n) is 6.14. The van der Waals surface area contributed by atoms with Crippen LogP contribution in [0.4, 0.5) is 10.8 Å². The molecule has 0 unspecified atom stereocenters. The van der Waals surface area contributed by atoms with Crippen molar-refractivity contribution in [2.24, 2.45) is 0 Å². The number of hydrogen-bond donors (Lipinski definition) is 1. The van der Waals surface area contributed by atoms with Crippen LogP contribution in [0.5, 0.6) is 17.2 Å². The molecule has 4 aromatic rings. The molecular weight excluding hydrogens is 406 g/mol. The van der Waals surface area contributed by atoms with E-state index in [-0.39, 0.29) is 11.4 Å². The zero-order valence-corrected chi connectivity index (χ0v) is 16.5. The highest BCUT2D eigenvalue weighted by Gasteiger charge is 2.19. The number of nitrogens with zero attached hydrogens (tertiary/aromatic N) is 2. The van der Waals surface area contributed by atoms with Crippen molar-refractivity contribution in [1.29, 1.82) is 0 Å². The van der Waals surface area contributed by atoms with Crippen LogP contribution < -0.4 is 14.8 Å². The summed E-state index contributed by atoms with van der Waals surface area (Å²) in [6.45, 7) is 0. The molecule has 1 aromatic heterocycles. The zero-order valence-electron chi connectivity index (χ0n) is 15.7. The molecule has 0 saturated carbocycles. The molecular formula is C21H15N3O5S. The number of carbonyl (C=O) groups excluding carboxylic acids is 1. The maximum absolute atomic E-state index is 12.9. The third-order valence-corrected chi connectivity index (χ3v) is 5.12. The summed E-state index contributed by atoms with van der Waals surface area (Å²) in [4.78, 5) is 27.8. The molecule has 3 aromatic carbocycles. The molecule has 1 heterocycles. The Morgan fingerprint density at radius 2 is 1.80 bits per heavy atom. The minimum atomic E-state index is -0.503. The number of nitrogens with one attached hydrogen (secondary N) is 1. The summed E-state index contributed by atoms with van der Waals surface area (Å²) >= 11 is 1.12. The van der Waals surface area contributed by atoms with Gasteiger partial charge >= 0.3 is 0 Å². The zero-order chi connectivity index (χ0) is 21.1. The van der Waals surface area contributed by atoms with E-state index in [4.69, 9.17) is 9.47 Å². The molecule has 9 heteroatoms. The highest BCUT2D eigenvalue weighted by molar-refractivity contribution is 7.22. The van der Waals surface area contributed by atoms with E-state index in [9.17, 15) is 14.9 Å². The first-order valence-corrected chi connectivity index (χ1v) is 9.63. The van der Waals surface area contributed by atoms with Gasteiger partial charge in [0.25, 0.3) is 11.6 Å². The monoisotopic (exact) mass is 421 g/mol. The van der Waals surface area contributed by atoms with E-state index in [0.717, 1.165) is 11.3 Å². The SMILES string of the molecule is COc1cc([N+](=O)[O-])cc2sc(NC(=O)c3ccccc3Oc3ccccc3)nc12. The molecule has 150 valence electrons. The van der Waals surface area contributed by atoms with E-state index in [2.05, 4.69) is 10.3 Å². The Hall–Kier alpha value is -3.98. The van der Waals surface area contributed by atoms with Crippen LogP contribution in [0, 0.1) is 10.1 Å². The maximum Gasteiger partial charge on any atom is 0.274 e. The first-order chi connectivity index (χ1) is 14.5. The van der Waals surface area contributed by atoms with Gasteiger partial charge in [0.2, 0.25) is 0 Å². The fourth-order valence-corrected chi connectivity index (χ4v) is 3.73. The number of non-ortho nitro benzene ring substituents is 1. The molecule has 0 saturated heterocycles. The van der Waals surface area contributed by atoms with Gasteiger partial charge in [0.1, 0.15) is 17.0 Å². The molecule has 0 aliphatic carbocycles. The van der Waals surface area contributed by atoms with Crippen molar-refractivity contribution in [2.45, 2.75) is 0 Å². The smallest absolute Gasteiger partial charge is 0.274 e. The topological polar surface area (TPSA) is 104 Å². The summed E-state index contributed by atoms with van der Waals surface area (Å²) in [7, 11) is 1.41. The van der Waals surface area contributed by atoms with Crippen LogP contribution >= 0.6 is 11.3 Å². The fraction of sp³-hybridized carbons (Fsp3) is 0.0476. The molecule has 0 radical (unpaired) electrons. The number of nitro benzene ring substituents is 1. The Balaban J connectivity index is 1.63. The van der Waals surface area contributed by atoms with Gasteiger partial charge in [-0.2, -0.15) is 0 Å². The number of anilines is 1. The number of rotatable bonds is 6. The number of aromatic nitrogens is 1. The average Bonchev–Trinajstić information content (AvgIpc) is 3.16. The number of thiazole rings is 1. The molecule has 1 amide bonds. The first kappa shape index (κ1) is 19.3. The van der Waals surface area contributed by atoms with Gasteiger partial charge in [0.05, 0.1) is 28.4 Å². The summed E-state index contributed by atoms with van der Waals surface area (Å²) in [5, 5.41) is 14.2. The number of carbonyl (C=O) groups is 1. The summed E-state index contributed by atoms with van der Waals surface area (Å²) in [5.41, 5.74) is 0.665. The Kier molecular flexibility index (Phi) is 5.27. The van der Waals surface area contributed by atoms with Gasteiger partial charge in [-0.05, 0) is 24.3 Å². The minimum Gasteiger partial charge on any atom is -0.494 e. The van der Waals surface area contributed by atoms with Gasteiger partial charge < -0.3 is 9.47 Å². The Bertz CT molecular complexity index is 1240. The van der Waals surface area contributed by atoms with Crippen molar-refractivity contribution in [3.8, 4) is 17.2 Å². The Labute approximate surface area is 174 Å². The van der Waals surface area contributed by atoms with E-state index in [0.29, 0.717) is 32.4 Å². The van der Waals surface area contributed by atoms with Crippen LogP contribution in [0.2, 0.25) is 0 Å². The van der Waals surface area contributed by atoms with Gasteiger partial charge in [0.15, 0.2) is 10.9 Å². The van der Waals surface area contributed by atoms with Gasteiger partial charge in [-0.15, -0.1) is 0 Å². The molecule has 0 spiro atoms. The average molecular weight is 421 g/mol. The summed E-state index contributed by atoms with van der Waals surface area (Å²) in [6.07, 6.45) is 0. The van der Waals surface area contributed by atoms with Crippen molar-refractivity contribution in [1.82, 2.24) is 4.98 Å². The van der Waals surface area contributed by atoms with Crippen molar-refractivity contribution < 1.29 is 19.2 Å². The quantitative estimate of drug-likeness (QED) is 0.336. The van der Waals surface area contributed by atoms with Crippen molar-refractivity contribution >= 4 is 38.3 Å².